The van der Waals surface area contributed by atoms with Crippen LogP contribution in [-0.2, 0) is 15.9 Å². The number of hydrogen-bond donors (Lipinski definition) is 1. The summed E-state index contributed by atoms with van der Waals surface area (Å²) in [7, 11) is 1.61. The van der Waals surface area contributed by atoms with Gasteiger partial charge in [0.25, 0.3) is 0 Å². The lowest BCUT2D eigenvalue weighted by molar-refractivity contribution is -0.126. The maximum absolute atomic E-state index is 5.32. The first-order chi connectivity index (χ1) is 7.31. The second-order valence-corrected chi connectivity index (χ2v) is 3.39. The molecule has 1 aromatic carbocycles. The molecule has 0 fully saturated rings. The summed E-state index contributed by atoms with van der Waals surface area (Å²) >= 11 is 0. The van der Waals surface area contributed by atoms with E-state index in [1.165, 1.54) is 5.56 Å². The Kier molecular flexibility index (Phi) is 5.32. The third-order valence-corrected chi connectivity index (χ3v) is 2.25. The summed E-state index contributed by atoms with van der Waals surface area (Å²) in [6.45, 7) is 2.33. The normalized spacial score (nSPS) is 12.7. The fraction of sp³-hybridized carbons (Fsp3) is 0.500. The van der Waals surface area contributed by atoms with Crippen LogP contribution >= 0.6 is 0 Å². The van der Waals surface area contributed by atoms with E-state index in [-0.39, 0.29) is 13.0 Å². The van der Waals surface area contributed by atoms with Crippen LogP contribution in [0.4, 0.5) is 0 Å². The van der Waals surface area contributed by atoms with E-state index in [1.54, 1.807) is 7.11 Å². The molecule has 15 heavy (non-hydrogen) atoms. The lowest BCUT2D eigenvalue weighted by atomic mass is 10.1. The molecular weight excluding hydrogens is 190 g/mol. The van der Waals surface area contributed by atoms with E-state index in [9.17, 15) is 0 Å². The number of methoxy groups -OCH3 is 1. The van der Waals surface area contributed by atoms with Gasteiger partial charge in [-0.15, -0.1) is 0 Å². The Labute approximate surface area is 91.2 Å². The first-order valence-corrected chi connectivity index (χ1v) is 5.25. The summed E-state index contributed by atoms with van der Waals surface area (Å²) in [6, 6.07) is 8.25. The van der Waals surface area contributed by atoms with Crippen molar-refractivity contribution in [1.29, 1.82) is 0 Å². The molecule has 0 aromatic heterocycles. The number of ether oxygens (including phenoxy) is 2. The lowest BCUT2D eigenvalue weighted by Gasteiger charge is -2.15. The fourth-order valence-corrected chi connectivity index (χ4v) is 1.52. The maximum atomic E-state index is 5.32. The molecule has 2 N–H and O–H groups in total. The van der Waals surface area contributed by atoms with Crippen molar-refractivity contribution in [3.8, 4) is 0 Å². The molecule has 84 valence electrons. The highest BCUT2D eigenvalue weighted by Crippen LogP contribution is 2.18. The summed E-state index contributed by atoms with van der Waals surface area (Å²) in [5.41, 5.74) is 7.66. The Bertz CT molecular complexity index is 271. The number of aryl methyl sites for hydroxylation is 1. The smallest absolute Gasteiger partial charge is 0.185 e. The first kappa shape index (κ1) is 12.2. The molecule has 0 aliphatic rings. The van der Waals surface area contributed by atoms with Gasteiger partial charge < -0.3 is 15.2 Å². The quantitative estimate of drug-likeness (QED) is 0.731. The Hall–Kier alpha value is -0.900. The van der Waals surface area contributed by atoms with E-state index in [2.05, 4.69) is 19.1 Å². The Morgan fingerprint density at radius 3 is 2.40 bits per heavy atom. The minimum absolute atomic E-state index is 0.162. The van der Waals surface area contributed by atoms with E-state index in [0.29, 0.717) is 0 Å². The highest BCUT2D eigenvalue weighted by atomic mass is 16.7. The van der Waals surface area contributed by atoms with Crippen molar-refractivity contribution in [2.75, 3.05) is 13.8 Å². The zero-order valence-electron chi connectivity index (χ0n) is 9.40. The van der Waals surface area contributed by atoms with Crippen molar-refractivity contribution in [3.05, 3.63) is 35.4 Å². The maximum Gasteiger partial charge on any atom is 0.185 e. The topological polar surface area (TPSA) is 44.5 Å². The summed E-state index contributed by atoms with van der Waals surface area (Å²) < 4.78 is 10.4. The fourth-order valence-electron chi connectivity index (χ4n) is 1.52. The zero-order chi connectivity index (χ0) is 11.1. The van der Waals surface area contributed by atoms with Crippen LogP contribution in [0.15, 0.2) is 24.3 Å². The third kappa shape index (κ3) is 3.63. The van der Waals surface area contributed by atoms with E-state index in [1.807, 2.05) is 12.1 Å². The Morgan fingerprint density at radius 2 is 1.93 bits per heavy atom. The van der Waals surface area contributed by atoms with E-state index in [0.717, 1.165) is 18.4 Å². The molecule has 0 bridgehead atoms. The monoisotopic (exact) mass is 209 g/mol. The molecule has 0 aliphatic heterocycles. The molecule has 1 rings (SSSR count). The van der Waals surface area contributed by atoms with Gasteiger partial charge in [-0.25, -0.2) is 0 Å². The van der Waals surface area contributed by atoms with Gasteiger partial charge in [0, 0.05) is 12.7 Å². The third-order valence-electron chi connectivity index (χ3n) is 2.25. The van der Waals surface area contributed by atoms with Crippen LogP contribution in [0.2, 0.25) is 0 Å². The van der Waals surface area contributed by atoms with E-state index in [4.69, 9.17) is 15.2 Å². The summed E-state index contributed by atoms with van der Waals surface area (Å²) in [6.07, 6.45) is 1.91. The minimum Gasteiger partial charge on any atom is -0.352 e. The van der Waals surface area contributed by atoms with Gasteiger partial charge in [-0.05, 0) is 12.0 Å². The average molecular weight is 209 g/mol. The standard InChI is InChI=1S/C12H19NO2/c1-3-4-10-5-7-11(8-6-10)12(14-2)15-9-13/h5-8,12H,3-4,9,13H2,1-2H3. The van der Waals surface area contributed by atoms with Crippen molar-refractivity contribution in [2.45, 2.75) is 26.1 Å². The molecule has 0 radical (unpaired) electrons. The SMILES string of the molecule is CCCc1ccc(C(OC)OCN)cc1. The predicted molar refractivity (Wildman–Crippen MR) is 60.3 cm³/mol. The van der Waals surface area contributed by atoms with Crippen molar-refractivity contribution in [3.63, 3.8) is 0 Å². The highest BCUT2D eigenvalue weighted by Gasteiger charge is 2.09. The molecule has 0 saturated carbocycles. The van der Waals surface area contributed by atoms with Crippen molar-refractivity contribution < 1.29 is 9.47 Å². The second kappa shape index (κ2) is 6.56. The average Bonchev–Trinajstić information content (AvgIpc) is 2.28. The molecular formula is C12H19NO2. The van der Waals surface area contributed by atoms with Crippen LogP contribution in [0, 0.1) is 0 Å². The zero-order valence-corrected chi connectivity index (χ0v) is 9.40. The summed E-state index contributed by atoms with van der Waals surface area (Å²) in [4.78, 5) is 0. The summed E-state index contributed by atoms with van der Waals surface area (Å²) in [5, 5.41) is 0. The highest BCUT2D eigenvalue weighted by molar-refractivity contribution is 5.23. The number of rotatable bonds is 6. The van der Waals surface area contributed by atoms with E-state index >= 15 is 0 Å². The molecule has 3 nitrogen and oxygen atoms in total. The van der Waals surface area contributed by atoms with Gasteiger partial charge in [-0.2, -0.15) is 0 Å². The molecule has 0 heterocycles. The van der Waals surface area contributed by atoms with Gasteiger partial charge in [-0.1, -0.05) is 37.6 Å². The van der Waals surface area contributed by atoms with Gasteiger partial charge in [0.15, 0.2) is 6.29 Å². The van der Waals surface area contributed by atoms with Gasteiger partial charge in [0.1, 0.15) is 0 Å². The molecule has 0 amide bonds. The largest absolute Gasteiger partial charge is 0.352 e. The Balaban J connectivity index is 2.68. The summed E-state index contributed by atoms with van der Waals surface area (Å²) in [5.74, 6) is 0. The van der Waals surface area contributed by atoms with Crippen LogP contribution in [-0.4, -0.2) is 13.8 Å². The minimum atomic E-state index is -0.356. The van der Waals surface area contributed by atoms with Crippen molar-refractivity contribution in [2.24, 2.45) is 5.73 Å². The van der Waals surface area contributed by atoms with Gasteiger partial charge >= 0.3 is 0 Å². The molecule has 1 unspecified atom stereocenters. The van der Waals surface area contributed by atoms with Gasteiger partial charge in [0.05, 0.1) is 6.73 Å². The second-order valence-electron chi connectivity index (χ2n) is 3.39. The predicted octanol–water partition coefficient (Wildman–Crippen LogP) is 2.22. The molecule has 0 saturated heterocycles. The number of nitrogens with two attached hydrogens (primary N) is 1. The molecule has 0 aliphatic carbocycles. The molecule has 1 atom stereocenters. The van der Waals surface area contributed by atoms with Crippen LogP contribution in [0.3, 0.4) is 0 Å². The van der Waals surface area contributed by atoms with Crippen molar-refractivity contribution in [1.82, 2.24) is 0 Å². The molecule has 0 spiro atoms. The van der Waals surface area contributed by atoms with Crippen LogP contribution in [0.25, 0.3) is 0 Å². The molecule has 1 aromatic rings. The number of benzene rings is 1. The number of hydrogen-bond acceptors (Lipinski definition) is 3. The lowest BCUT2D eigenvalue weighted by Crippen LogP contribution is -2.12. The van der Waals surface area contributed by atoms with Gasteiger partial charge in [0.2, 0.25) is 0 Å². The van der Waals surface area contributed by atoms with Crippen LogP contribution in [0.5, 0.6) is 0 Å². The Morgan fingerprint density at radius 1 is 1.27 bits per heavy atom. The molecule has 3 heteroatoms. The first-order valence-electron chi connectivity index (χ1n) is 5.25. The van der Waals surface area contributed by atoms with Crippen molar-refractivity contribution >= 4 is 0 Å². The van der Waals surface area contributed by atoms with Gasteiger partial charge in [-0.3, -0.25) is 0 Å². The van der Waals surface area contributed by atoms with Crippen LogP contribution < -0.4 is 5.73 Å². The van der Waals surface area contributed by atoms with E-state index < -0.39 is 0 Å². The van der Waals surface area contributed by atoms with Crippen LogP contribution in [0.1, 0.15) is 30.8 Å².